The molecule has 0 bridgehead atoms. The minimum Gasteiger partial charge on any atom is -0.389 e. The normalized spacial score (nSPS) is 10.7. The predicted octanol–water partition coefficient (Wildman–Crippen LogP) is 2.84. The van der Waals surface area contributed by atoms with Crippen LogP contribution in [0.25, 0.3) is 0 Å². The number of benzene rings is 1. The third kappa shape index (κ3) is 4.44. The number of nitrogens with two attached hydrogens (primary N) is 1. The van der Waals surface area contributed by atoms with E-state index in [1.165, 1.54) is 0 Å². The fourth-order valence-electron chi connectivity index (χ4n) is 1.52. The highest BCUT2D eigenvalue weighted by atomic mass is 35.5. The van der Waals surface area contributed by atoms with Gasteiger partial charge in [-0.2, -0.15) is 0 Å². The van der Waals surface area contributed by atoms with Gasteiger partial charge in [0.1, 0.15) is 4.99 Å². The molecule has 0 heterocycles. The first-order valence-electron chi connectivity index (χ1n) is 5.84. The Balaban J connectivity index is 2.68. The van der Waals surface area contributed by atoms with Gasteiger partial charge in [0.15, 0.2) is 0 Å². The van der Waals surface area contributed by atoms with Crippen molar-refractivity contribution in [3.05, 3.63) is 28.8 Å². The zero-order chi connectivity index (χ0) is 13.7. The third-order valence-electron chi connectivity index (χ3n) is 2.52. The van der Waals surface area contributed by atoms with Crippen LogP contribution in [-0.4, -0.2) is 31.3 Å². The summed E-state index contributed by atoms with van der Waals surface area (Å²) in [5, 5.41) is 0.646. The highest BCUT2D eigenvalue weighted by Crippen LogP contribution is 2.25. The molecule has 2 N–H and O–H groups in total. The summed E-state index contributed by atoms with van der Waals surface area (Å²) in [5.41, 5.74) is 7.29. The van der Waals surface area contributed by atoms with Crippen molar-refractivity contribution < 1.29 is 4.74 Å². The molecular weight excluding hydrogens is 268 g/mol. The molecule has 0 atom stereocenters. The van der Waals surface area contributed by atoms with Crippen LogP contribution in [0, 0.1) is 0 Å². The van der Waals surface area contributed by atoms with Crippen molar-refractivity contribution >= 4 is 34.5 Å². The molecule has 5 heteroatoms. The Hall–Kier alpha value is -0.840. The zero-order valence-electron chi connectivity index (χ0n) is 10.9. The molecule has 18 heavy (non-hydrogen) atoms. The molecule has 1 rings (SSSR count). The largest absolute Gasteiger partial charge is 0.389 e. The van der Waals surface area contributed by atoms with E-state index in [1.807, 2.05) is 37.9 Å². The summed E-state index contributed by atoms with van der Waals surface area (Å²) in [4.78, 5) is 2.41. The SMILES string of the molecule is CC(C)OCCN(C)c1ccc(C(N)=S)cc1Cl. The smallest absolute Gasteiger partial charge is 0.104 e. The van der Waals surface area contributed by atoms with Gasteiger partial charge in [0.25, 0.3) is 0 Å². The van der Waals surface area contributed by atoms with Gasteiger partial charge in [-0.15, -0.1) is 0 Å². The summed E-state index contributed by atoms with van der Waals surface area (Å²) in [7, 11) is 1.98. The number of thiocarbonyl (C=S) groups is 1. The monoisotopic (exact) mass is 286 g/mol. The van der Waals surface area contributed by atoms with Crippen molar-refractivity contribution in [1.82, 2.24) is 0 Å². The number of nitrogens with zero attached hydrogens (tertiary/aromatic N) is 1. The molecule has 1 aromatic carbocycles. The van der Waals surface area contributed by atoms with Crippen LogP contribution in [0.2, 0.25) is 5.02 Å². The molecule has 0 radical (unpaired) electrons. The first kappa shape index (κ1) is 15.2. The third-order valence-corrected chi connectivity index (χ3v) is 3.06. The highest BCUT2D eigenvalue weighted by Gasteiger charge is 2.08. The number of anilines is 1. The molecule has 3 nitrogen and oxygen atoms in total. The van der Waals surface area contributed by atoms with E-state index in [2.05, 4.69) is 0 Å². The summed E-state index contributed by atoms with van der Waals surface area (Å²) in [5.74, 6) is 0. The Morgan fingerprint density at radius 2 is 2.17 bits per heavy atom. The summed E-state index contributed by atoms with van der Waals surface area (Å²) in [6.45, 7) is 5.49. The zero-order valence-corrected chi connectivity index (χ0v) is 12.5. The van der Waals surface area contributed by atoms with Crippen LogP contribution >= 0.6 is 23.8 Å². The van der Waals surface area contributed by atoms with Gasteiger partial charge in [-0.3, -0.25) is 0 Å². The molecule has 0 aliphatic carbocycles. The Bertz CT molecular complexity index is 423. The van der Waals surface area contributed by atoms with E-state index in [1.54, 1.807) is 6.07 Å². The van der Waals surface area contributed by atoms with E-state index in [0.717, 1.165) is 17.8 Å². The summed E-state index contributed by atoms with van der Waals surface area (Å²) < 4.78 is 5.51. The van der Waals surface area contributed by atoms with Crippen LogP contribution in [0.3, 0.4) is 0 Å². The number of likely N-dealkylation sites (N-methyl/N-ethyl adjacent to an activating group) is 1. The fraction of sp³-hybridized carbons (Fsp3) is 0.462. The summed E-state index contributed by atoms with van der Waals surface area (Å²) >= 11 is 11.1. The molecule has 0 amide bonds. The number of halogens is 1. The number of rotatable bonds is 6. The Kier molecular flexibility index (Phi) is 5.85. The van der Waals surface area contributed by atoms with E-state index in [4.69, 9.17) is 34.3 Å². The van der Waals surface area contributed by atoms with Crippen molar-refractivity contribution in [3.63, 3.8) is 0 Å². The van der Waals surface area contributed by atoms with Gasteiger partial charge in [-0.25, -0.2) is 0 Å². The Morgan fingerprint density at radius 1 is 1.50 bits per heavy atom. The van der Waals surface area contributed by atoms with Crippen LogP contribution in [0.5, 0.6) is 0 Å². The minimum atomic E-state index is 0.242. The highest BCUT2D eigenvalue weighted by molar-refractivity contribution is 7.80. The average Bonchev–Trinajstić information content (AvgIpc) is 2.27. The number of ether oxygens (including phenoxy) is 1. The van der Waals surface area contributed by atoms with Crippen LogP contribution in [-0.2, 0) is 4.74 Å². The maximum absolute atomic E-state index is 6.21. The van der Waals surface area contributed by atoms with E-state index >= 15 is 0 Å². The second-order valence-corrected chi connectivity index (χ2v) is 5.22. The van der Waals surface area contributed by atoms with Gasteiger partial charge in [0.2, 0.25) is 0 Å². The van der Waals surface area contributed by atoms with Crippen LogP contribution < -0.4 is 10.6 Å². The van der Waals surface area contributed by atoms with Gasteiger partial charge in [-0.05, 0) is 32.0 Å². The molecule has 0 saturated carbocycles. The van der Waals surface area contributed by atoms with E-state index in [9.17, 15) is 0 Å². The average molecular weight is 287 g/mol. The predicted molar refractivity (Wildman–Crippen MR) is 81.7 cm³/mol. The number of hydrogen-bond donors (Lipinski definition) is 1. The lowest BCUT2D eigenvalue weighted by Crippen LogP contribution is -2.24. The lowest BCUT2D eigenvalue weighted by molar-refractivity contribution is 0.0846. The molecule has 100 valence electrons. The van der Waals surface area contributed by atoms with Crippen LogP contribution in [0.15, 0.2) is 18.2 Å². The molecule has 0 spiro atoms. The standard InChI is InChI=1S/C13H19ClN2OS/c1-9(2)17-7-6-16(3)12-5-4-10(13(15)18)8-11(12)14/h4-5,8-9H,6-7H2,1-3H3,(H2,15,18). The lowest BCUT2D eigenvalue weighted by Gasteiger charge is -2.21. The molecule has 0 aliphatic rings. The second-order valence-electron chi connectivity index (χ2n) is 4.37. The van der Waals surface area contributed by atoms with Crippen molar-refractivity contribution in [3.8, 4) is 0 Å². The number of hydrogen-bond acceptors (Lipinski definition) is 3. The summed E-state index contributed by atoms with van der Waals surface area (Å²) in [6, 6.07) is 5.59. The molecule has 0 saturated heterocycles. The molecule has 0 aromatic heterocycles. The van der Waals surface area contributed by atoms with Crippen molar-refractivity contribution in [2.75, 3.05) is 25.1 Å². The maximum atomic E-state index is 6.21. The van der Waals surface area contributed by atoms with E-state index in [-0.39, 0.29) is 6.10 Å². The second kappa shape index (κ2) is 6.92. The van der Waals surface area contributed by atoms with Crippen LogP contribution in [0.1, 0.15) is 19.4 Å². The first-order valence-corrected chi connectivity index (χ1v) is 6.62. The first-order chi connectivity index (χ1) is 8.41. The quantitative estimate of drug-likeness (QED) is 0.816. The molecular formula is C13H19ClN2OS. The summed E-state index contributed by atoms with van der Waals surface area (Å²) in [6.07, 6.45) is 0.242. The molecule has 0 fully saturated rings. The maximum Gasteiger partial charge on any atom is 0.104 e. The van der Waals surface area contributed by atoms with Gasteiger partial charge in [0.05, 0.1) is 23.4 Å². The minimum absolute atomic E-state index is 0.242. The van der Waals surface area contributed by atoms with Gasteiger partial charge in [0, 0.05) is 19.2 Å². The van der Waals surface area contributed by atoms with Crippen molar-refractivity contribution in [2.24, 2.45) is 5.73 Å². The Morgan fingerprint density at radius 3 is 2.67 bits per heavy atom. The van der Waals surface area contributed by atoms with Crippen molar-refractivity contribution in [1.29, 1.82) is 0 Å². The van der Waals surface area contributed by atoms with Gasteiger partial charge >= 0.3 is 0 Å². The van der Waals surface area contributed by atoms with Gasteiger partial charge < -0.3 is 15.4 Å². The Labute approximate surface area is 119 Å². The topological polar surface area (TPSA) is 38.5 Å². The fourth-order valence-corrected chi connectivity index (χ4v) is 1.97. The van der Waals surface area contributed by atoms with E-state index < -0.39 is 0 Å². The molecule has 0 aliphatic heterocycles. The molecule has 1 aromatic rings. The van der Waals surface area contributed by atoms with Gasteiger partial charge in [-0.1, -0.05) is 23.8 Å². The van der Waals surface area contributed by atoms with E-state index in [0.29, 0.717) is 16.6 Å². The lowest BCUT2D eigenvalue weighted by atomic mass is 10.2. The van der Waals surface area contributed by atoms with Crippen molar-refractivity contribution in [2.45, 2.75) is 20.0 Å². The van der Waals surface area contributed by atoms with Crippen LogP contribution in [0.4, 0.5) is 5.69 Å². The molecule has 0 unspecified atom stereocenters.